The van der Waals surface area contributed by atoms with E-state index in [2.05, 4.69) is 5.32 Å². The number of aliphatic hydroxyl groups excluding tert-OH is 1. The van der Waals surface area contributed by atoms with Crippen LogP contribution in [0, 0.1) is 0 Å². The number of hydrogen-bond acceptors (Lipinski definition) is 3. The van der Waals surface area contributed by atoms with Crippen molar-refractivity contribution in [1.29, 1.82) is 0 Å². The average Bonchev–Trinajstić information content (AvgIpc) is 2.88. The highest BCUT2D eigenvalue weighted by molar-refractivity contribution is 5.74. The van der Waals surface area contributed by atoms with Crippen molar-refractivity contribution in [2.45, 2.75) is 51.0 Å². The van der Waals surface area contributed by atoms with Crippen LogP contribution in [-0.4, -0.2) is 52.9 Å². The van der Waals surface area contributed by atoms with Crippen molar-refractivity contribution in [3.05, 3.63) is 0 Å². The van der Waals surface area contributed by atoms with Gasteiger partial charge in [-0.25, -0.2) is 4.79 Å². The molecule has 2 amide bonds. The molecule has 1 fully saturated rings. The van der Waals surface area contributed by atoms with Gasteiger partial charge in [-0.15, -0.1) is 0 Å². The van der Waals surface area contributed by atoms with Gasteiger partial charge in [0.2, 0.25) is 0 Å². The molecule has 0 bridgehead atoms. The number of carbonyl (C=O) groups excluding carboxylic acids is 1. The molecule has 0 unspecified atom stereocenters. The predicted octanol–water partition coefficient (Wildman–Crippen LogP) is 1.19. The van der Waals surface area contributed by atoms with E-state index < -0.39 is 5.97 Å². The van der Waals surface area contributed by atoms with E-state index in [4.69, 9.17) is 10.2 Å². The molecule has 0 atom stereocenters. The SMILES string of the molecule is O=C(O)CCCCNC(=O)N(CCO)C1CCCC1. The smallest absolute Gasteiger partial charge is 0.317 e. The van der Waals surface area contributed by atoms with Crippen LogP contribution in [0.5, 0.6) is 0 Å². The number of unbranched alkanes of at least 4 members (excludes halogenated alkanes) is 1. The Kier molecular flexibility index (Phi) is 7.25. The molecule has 19 heavy (non-hydrogen) atoms. The lowest BCUT2D eigenvalue weighted by Gasteiger charge is -2.28. The second kappa shape index (κ2) is 8.74. The van der Waals surface area contributed by atoms with Crippen LogP contribution < -0.4 is 5.32 Å². The Morgan fingerprint density at radius 2 is 1.89 bits per heavy atom. The van der Waals surface area contributed by atoms with Crippen LogP contribution >= 0.6 is 0 Å². The van der Waals surface area contributed by atoms with Crippen LogP contribution in [-0.2, 0) is 4.79 Å². The van der Waals surface area contributed by atoms with Gasteiger partial charge in [0, 0.05) is 25.6 Å². The third-order valence-corrected chi connectivity index (χ3v) is 3.46. The molecule has 0 aromatic carbocycles. The van der Waals surface area contributed by atoms with Crippen molar-refractivity contribution in [3.63, 3.8) is 0 Å². The van der Waals surface area contributed by atoms with E-state index in [1.54, 1.807) is 4.90 Å². The fraction of sp³-hybridized carbons (Fsp3) is 0.846. The molecule has 0 aromatic rings. The van der Waals surface area contributed by atoms with Crippen LogP contribution in [0.3, 0.4) is 0 Å². The number of amides is 2. The third kappa shape index (κ3) is 5.92. The molecule has 1 rings (SSSR count). The van der Waals surface area contributed by atoms with Gasteiger partial charge in [0.05, 0.1) is 6.61 Å². The van der Waals surface area contributed by atoms with Gasteiger partial charge in [0.25, 0.3) is 0 Å². The molecule has 6 heteroatoms. The van der Waals surface area contributed by atoms with E-state index >= 15 is 0 Å². The number of hydrogen-bond donors (Lipinski definition) is 3. The molecular weight excluding hydrogens is 248 g/mol. The van der Waals surface area contributed by atoms with Crippen LogP contribution in [0.2, 0.25) is 0 Å². The van der Waals surface area contributed by atoms with Gasteiger partial charge >= 0.3 is 12.0 Å². The maximum Gasteiger partial charge on any atom is 0.317 e. The Morgan fingerprint density at radius 3 is 2.47 bits per heavy atom. The zero-order chi connectivity index (χ0) is 14.1. The fourth-order valence-corrected chi connectivity index (χ4v) is 2.47. The third-order valence-electron chi connectivity index (χ3n) is 3.46. The van der Waals surface area contributed by atoms with Gasteiger partial charge in [0.1, 0.15) is 0 Å². The molecule has 1 saturated carbocycles. The molecule has 0 saturated heterocycles. The Labute approximate surface area is 113 Å². The average molecular weight is 272 g/mol. The predicted molar refractivity (Wildman–Crippen MR) is 70.9 cm³/mol. The molecule has 1 aliphatic carbocycles. The van der Waals surface area contributed by atoms with Crippen molar-refractivity contribution in [3.8, 4) is 0 Å². The number of carbonyl (C=O) groups is 2. The number of urea groups is 1. The Morgan fingerprint density at radius 1 is 1.21 bits per heavy atom. The maximum absolute atomic E-state index is 12.0. The number of aliphatic hydroxyl groups is 1. The summed E-state index contributed by atoms with van der Waals surface area (Å²) in [7, 11) is 0. The molecule has 1 aliphatic rings. The highest BCUT2D eigenvalue weighted by Gasteiger charge is 2.25. The number of nitrogens with one attached hydrogen (secondary N) is 1. The second-order valence-corrected chi connectivity index (χ2v) is 4.94. The largest absolute Gasteiger partial charge is 0.481 e. The van der Waals surface area contributed by atoms with Gasteiger partial charge in [-0.1, -0.05) is 12.8 Å². The van der Waals surface area contributed by atoms with Gasteiger partial charge in [0.15, 0.2) is 0 Å². The number of nitrogens with zero attached hydrogens (tertiary/aromatic N) is 1. The summed E-state index contributed by atoms with van der Waals surface area (Å²) in [6, 6.07) is 0.0995. The minimum atomic E-state index is -0.806. The van der Waals surface area contributed by atoms with Crippen molar-refractivity contribution in [2.24, 2.45) is 0 Å². The molecule has 0 radical (unpaired) electrons. The first-order valence-corrected chi connectivity index (χ1v) is 7.02. The quantitative estimate of drug-likeness (QED) is 0.579. The van der Waals surface area contributed by atoms with E-state index in [0.717, 1.165) is 25.7 Å². The van der Waals surface area contributed by atoms with Crippen LogP contribution in [0.1, 0.15) is 44.9 Å². The first-order chi connectivity index (χ1) is 9.15. The topological polar surface area (TPSA) is 89.9 Å². The van der Waals surface area contributed by atoms with Crippen molar-refractivity contribution >= 4 is 12.0 Å². The number of rotatable bonds is 8. The van der Waals surface area contributed by atoms with Crippen molar-refractivity contribution in [2.75, 3.05) is 19.7 Å². The summed E-state index contributed by atoms with van der Waals surface area (Å²) in [5, 5.41) is 20.3. The number of carboxylic acid groups (broad SMARTS) is 1. The zero-order valence-electron chi connectivity index (χ0n) is 11.3. The van der Waals surface area contributed by atoms with Crippen LogP contribution in [0.4, 0.5) is 4.79 Å². The zero-order valence-corrected chi connectivity index (χ0v) is 11.3. The molecule has 0 aliphatic heterocycles. The molecule has 110 valence electrons. The highest BCUT2D eigenvalue weighted by Crippen LogP contribution is 2.23. The van der Waals surface area contributed by atoms with Gasteiger partial charge < -0.3 is 20.4 Å². The van der Waals surface area contributed by atoms with Crippen molar-refractivity contribution in [1.82, 2.24) is 10.2 Å². The molecule has 3 N–H and O–H groups in total. The molecular formula is C13H24N2O4. The Balaban J connectivity index is 2.25. The molecule has 6 nitrogen and oxygen atoms in total. The minimum Gasteiger partial charge on any atom is -0.481 e. The summed E-state index contributed by atoms with van der Waals surface area (Å²) in [6.07, 6.45) is 5.66. The molecule has 0 heterocycles. The van der Waals surface area contributed by atoms with E-state index in [-0.39, 0.29) is 25.1 Å². The Hall–Kier alpha value is -1.30. The van der Waals surface area contributed by atoms with E-state index in [0.29, 0.717) is 25.9 Å². The first kappa shape index (κ1) is 15.8. The number of aliphatic carboxylic acids is 1. The fourth-order valence-electron chi connectivity index (χ4n) is 2.47. The van der Waals surface area contributed by atoms with E-state index in [1.165, 1.54) is 0 Å². The van der Waals surface area contributed by atoms with Crippen LogP contribution in [0.15, 0.2) is 0 Å². The summed E-state index contributed by atoms with van der Waals surface area (Å²) in [4.78, 5) is 24.1. The molecule has 0 aromatic heterocycles. The molecule has 0 spiro atoms. The normalized spacial score (nSPS) is 15.4. The van der Waals surface area contributed by atoms with Gasteiger partial charge in [-0.2, -0.15) is 0 Å². The lowest BCUT2D eigenvalue weighted by molar-refractivity contribution is -0.137. The Bertz CT molecular complexity index is 290. The first-order valence-electron chi connectivity index (χ1n) is 7.02. The monoisotopic (exact) mass is 272 g/mol. The van der Waals surface area contributed by atoms with E-state index in [9.17, 15) is 9.59 Å². The summed E-state index contributed by atoms with van der Waals surface area (Å²) < 4.78 is 0. The lowest BCUT2D eigenvalue weighted by atomic mass is 10.2. The highest BCUT2D eigenvalue weighted by atomic mass is 16.4. The summed E-state index contributed by atoms with van der Waals surface area (Å²) in [5.74, 6) is -0.806. The van der Waals surface area contributed by atoms with Gasteiger partial charge in [-0.05, 0) is 25.7 Å². The minimum absolute atomic E-state index is 0.0249. The van der Waals surface area contributed by atoms with Gasteiger partial charge in [-0.3, -0.25) is 4.79 Å². The summed E-state index contributed by atoms with van der Waals surface area (Å²) in [6.45, 7) is 0.829. The van der Waals surface area contributed by atoms with Crippen LogP contribution in [0.25, 0.3) is 0 Å². The lowest BCUT2D eigenvalue weighted by Crippen LogP contribution is -2.46. The summed E-state index contributed by atoms with van der Waals surface area (Å²) >= 11 is 0. The number of carboxylic acids is 1. The second-order valence-electron chi connectivity index (χ2n) is 4.94. The van der Waals surface area contributed by atoms with Crippen molar-refractivity contribution < 1.29 is 19.8 Å². The maximum atomic E-state index is 12.0. The summed E-state index contributed by atoms with van der Waals surface area (Å²) in [5.41, 5.74) is 0. The van der Waals surface area contributed by atoms with E-state index in [1.807, 2.05) is 0 Å². The standard InChI is InChI=1S/C13H24N2O4/c16-10-9-15(11-5-1-2-6-11)13(19)14-8-4-3-7-12(17)18/h11,16H,1-10H2,(H,14,19)(H,17,18).